The number of ether oxygens (including phenoxy) is 1. The van der Waals surface area contributed by atoms with Crippen LogP contribution in [0.4, 0.5) is 0 Å². The first kappa shape index (κ1) is 14.7. The topological polar surface area (TPSA) is 41.5 Å². The van der Waals surface area contributed by atoms with Crippen LogP contribution in [0.25, 0.3) is 21.5 Å². The zero-order valence-electron chi connectivity index (χ0n) is 13.2. The van der Waals surface area contributed by atoms with Crippen LogP contribution in [0.5, 0.6) is 11.5 Å². The zero-order valence-corrected chi connectivity index (χ0v) is 13.2. The number of aryl methyl sites for hydroxylation is 1. The number of phenols is 1. The molecule has 0 bridgehead atoms. The summed E-state index contributed by atoms with van der Waals surface area (Å²) in [5, 5.41) is 17.9. The first-order valence-corrected chi connectivity index (χ1v) is 7.52. The molecule has 0 saturated heterocycles. The number of aromatic hydroxyl groups is 1. The molecule has 0 aliphatic carbocycles. The lowest BCUT2D eigenvalue weighted by molar-refractivity contribution is 0.376. The van der Waals surface area contributed by atoms with Gasteiger partial charge in [0.2, 0.25) is 0 Å². The van der Waals surface area contributed by atoms with Crippen LogP contribution in [0, 0.1) is 6.92 Å². The first-order valence-electron chi connectivity index (χ1n) is 7.52. The molecule has 0 heterocycles. The van der Waals surface area contributed by atoms with E-state index in [0.717, 1.165) is 29.1 Å². The second-order valence-corrected chi connectivity index (χ2v) is 5.64. The quantitative estimate of drug-likeness (QED) is 0.720. The van der Waals surface area contributed by atoms with Gasteiger partial charge in [-0.3, -0.25) is 0 Å². The van der Waals surface area contributed by atoms with Gasteiger partial charge in [0.05, 0.1) is 7.11 Å². The van der Waals surface area contributed by atoms with Crippen LogP contribution in [0.1, 0.15) is 11.1 Å². The predicted molar refractivity (Wildman–Crippen MR) is 92.0 cm³/mol. The molecule has 0 radical (unpaired) electrons. The normalized spacial score (nSPS) is 11.2. The van der Waals surface area contributed by atoms with Gasteiger partial charge in [0.15, 0.2) is 11.5 Å². The summed E-state index contributed by atoms with van der Waals surface area (Å²) in [5.74, 6) is 0.731. The van der Waals surface area contributed by atoms with Crippen LogP contribution in [0.2, 0.25) is 0 Å². The minimum Gasteiger partial charge on any atom is -0.504 e. The highest BCUT2D eigenvalue weighted by molar-refractivity contribution is 6.12. The van der Waals surface area contributed by atoms with Gasteiger partial charge in [-0.05, 0) is 60.3 Å². The Hall–Kier alpha value is -2.26. The average molecular weight is 295 g/mol. The molecule has 0 amide bonds. The number of benzene rings is 3. The zero-order chi connectivity index (χ0) is 15.7. The molecule has 0 aliphatic heterocycles. The van der Waals surface area contributed by atoms with E-state index in [1.165, 1.54) is 16.5 Å². The molecule has 0 aliphatic rings. The minimum absolute atomic E-state index is 0.218. The third-order valence-electron chi connectivity index (χ3n) is 4.20. The first-order chi connectivity index (χ1) is 10.7. The lowest BCUT2D eigenvalue weighted by Crippen LogP contribution is -2.10. The summed E-state index contributed by atoms with van der Waals surface area (Å²) in [4.78, 5) is 0. The number of methoxy groups -OCH3 is 1. The van der Waals surface area contributed by atoms with Crippen LogP contribution in [0.3, 0.4) is 0 Å². The summed E-state index contributed by atoms with van der Waals surface area (Å²) < 4.78 is 5.27. The van der Waals surface area contributed by atoms with Gasteiger partial charge in [-0.2, -0.15) is 0 Å². The molecule has 22 heavy (non-hydrogen) atoms. The van der Waals surface area contributed by atoms with Crippen LogP contribution in [-0.2, 0) is 6.42 Å². The van der Waals surface area contributed by atoms with E-state index < -0.39 is 0 Å². The second-order valence-electron chi connectivity index (χ2n) is 5.64. The summed E-state index contributed by atoms with van der Waals surface area (Å²) in [5.41, 5.74) is 2.50. The Labute approximate surface area is 130 Å². The Morgan fingerprint density at radius 1 is 1.09 bits per heavy atom. The van der Waals surface area contributed by atoms with E-state index in [-0.39, 0.29) is 5.75 Å². The van der Waals surface area contributed by atoms with E-state index in [0.29, 0.717) is 5.75 Å². The molecule has 0 fully saturated rings. The fourth-order valence-electron chi connectivity index (χ4n) is 3.06. The average Bonchev–Trinajstić information content (AvgIpc) is 2.52. The van der Waals surface area contributed by atoms with E-state index >= 15 is 0 Å². The number of phenolic OH excluding ortho intramolecular Hbond substituents is 1. The smallest absolute Gasteiger partial charge is 0.166 e. The van der Waals surface area contributed by atoms with Crippen molar-refractivity contribution in [1.82, 2.24) is 5.32 Å². The molecule has 0 saturated carbocycles. The third-order valence-corrected chi connectivity index (χ3v) is 4.20. The highest BCUT2D eigenvalue weighted by atomic mass is 16.5. The maximum absolute atomic E-state index is 10.6. The molecule has 3 heteroatoms. The van der Waals surface area contributed by atoms with E-state index in [1.807, 2.05) is 13.1 Å². The number of hydrogen-bond acceptors (Lipinski definition) is 3. The Morgan fingerprint density at radius 3 is 2.59 bits per heavy atom. The Morgan fingerprint density at radius 2 is 1.86 bits per heavy atom. The van der Waals surface area contributed by atoms with Crippen LogP contribution >= 0.6 is 0 Å². The van der Waals surface area contributed by atoms with Crippen LogP contribution in [-0.4, -0.2) is 25.8 Å². The SMILES string of the molecule is CNCCc1cc(C)c2ccc3ccc(OC)c(O)c3c2c1. The second kappa shape index (κ2) is 5.85. The van der Waals surface area contributed by atoms with Crippen LogP contribution in [0.15, 0.2) is 36.4 Å². The van der Waals surface area contributed by atoms with Gasteiger partial charge in [0.25, 0.3) is 0 Å². The lowest BCUT2D eigenvalue weighted by Gasteiger charge is -2.13. The number of fused-ring (bicyclic) bond motifs is 3. The van der Waals surface area contributed by atoms with E-state index in [9.17, 15) is 5.11 Å². The van der Waals surface area contributed by atoms with E-state index in [1.54, 1.807) is 13.2 Å². The predicted octanol–water partition coefficient (Wildman–Crippen LogP) is 3.78. The number of rotatable bonds is 4. The van der Waals surface area contributed by atoms with Crippen molar-refractivity contribution in [2.45, 2.75) is 13.3 Å². The van der Waals surface area contributed by atoms with Gasteiger partial charge in [-0.1, -0.05) is 30.3 Å². The summed E-state index contributed by atoms with van der Waals surface area (Å²) in [6.07, 6.45) is 0.967. The third kappa shape index (κ3) is 2.38. The molecule has 3 aromatic rings. The maximum atomic E-state index is 10.6. The summed E-state index contributed by atoms with van der Waals surface area (Å²) in [6.45, 7) is 3.05. The van der Waals surface area contributed by atoms with E-state index in [4.69, 9.17) is 4.74 Å². The largest absolute Gasteiger partial charge is 0.504 e. The molecule has 2 N–H and O–H groups in total. The molecule has 0 spiro atoms. The highest BCUT2D eigenvalue weighted by Gasteiger charge is 2.12. The Bertz CT molecular complexity index is 840. The van der Waals surface area contributed by atoms with Crippen molar-refractivity contribution in [1.29, 1.82) is 0 Å². The number of likely N-dealkylation sites (N-methyl/N-ethyl adjacent to an activating group) is 1. The van der Waals surface area contributed by atoms with E-state index in [2.05, 4.69) is 36.5 Å². The van der Waals surface area contributed by atoms with Gasteiger partial charge < -0.3 is 15.2 Å². The van der Waals surface area contributed by atoms with Crippen molar-refractivity contribution in [3.63, 3.8) is 0 Å². The maximum Gasteiger partial charge on any atom is 0.166 e. The number of hydrogen-bond donors (Lipinski definition) is 2. The molecule has 3 aromatic carbocycles. The highest BCUT2D eigenvalue weighted by Crippen LogP contribution is 2.39. The fraction of sp³-hybridized carbons (Fsp3) is 0.263. The Balaban J connectivity index is 2.35. The van der Waals surface area contributed by atoms with Gasteiger partial charge in [-0.15, -0.1) is 0 Å². The van der Waals surface area contributed by atoms with Gasteiger partial charge in [0.1, 0.15) is 0 Å². The lowest BCUT2D eigenvalue weighted by atomic mass is 9.95. The standard InChI is InChI=1S/C19H21NO2/c1-12-10-13(8-9-20-2)11-16-15(12)6-4-14-5-7-17(22-3)19(21)18(14)16/h4-7,10-11,20-21H,8-9H2,1-3H3. The van der Waals surface area contributed by atoms with Gasteiger partial charge in [0, 0.05) is 5.39 Å². The molecule has 0 unspecified atom stereocenters. The van der Waals surface area contributed by atoms with Crippen molar-refractivity contribution >= 4 is 21.5 Å². The van der Waals surface area contributed by atoms with Crippen molar-refractivity contribution in [2.24, 2.45) is 0 Å². The van der Waals surface area contributed by atoms with Gasteiger partial charge in [-0.25, -0.2) is 0 Å². The molecule has 114 valence electrons. The minimum atomic E-state index is 0.218. The Kier molecular flexibility index (Phi) is 3.90. The molecule has 0 atom stereocenters. The monoisotopic (exact) mass is 295 g/mol. The molecule has 3 nitrogen and oxygen atoms in total. The summed E-state index contributed by atoms with van der Waals surface area (Å²) >= 11 is 0. The van der Waals surface area contributed by atoms with Crippen molar-refractivity contribution in [3.05, 3.63) is 47.5 Å². The number of nitrogens with one attached hydrogen (secondary N) is 1. The fourth-order valence-corrected chi connectivity index (χ4v) is 3.06. The molecule has 0 aromatic heterocycles. The summed E-state index contributed by atoms with van der Waals surface area (Å²) in [6, 6.07) is 12.4. The van der Waals surface area contributed by atoms with Crippen LogP contribution < -0.4 is 10.1 Å². The molecule has 3 rings (SSSR count). The molecular weight excluding hydrogens is 274 g/mol. The van der Waals surface area contributed by atoms with Crippen molar-refractivity contribution in [3.8, 4) is 11.5 Å². The summed E-state index contributed by atoms with van der Waals surface area (Å²) in [7, 11) is 3.54. The molecular formula is C19H21NO2. The van der Waals surface area contributed by atoms with Crippen molar-refractivity contribution in [2.75, 3.05) is 20.7 Å². The van der Waals surface area contributed by atoms with Crippen molar-refractivity contribution < 1.29 is 9.84 Å². The van der Waals surface area contributed by atoms with Gasteiger partial charge >= 0.3 is 0 Å².